The molecule has 0 spiro atoms. The second-order valence-electron chi connectivity index (χ2n) is 2.78. The lowest BCUT2D eigenvalue weighted by atomic mass is 10.2. The minimum atomic E-state index is 0.148. The zero-order chi connectivity index (χ0) is 12.1. The molecule has 0 aromatic heterocycles. The SMILES string of the molecule is CC.O=CCOCCOCc1ccccc1. The number of carbonyl (C=O) groups excluding carboxylic acids is 1. The first-order chi connectivity index (χ1) is 7.93. The Morgan fingerprint density at radius 1 is 1.06 bits per heavy atom. The predicted molar refractivity (Wildman–Crippen MR) is 64.3 cm³/mol. The van der Waals surface area contributed by atoms with Gasteiger partial charge < -0.3 is 14.3 Å². The molecule has 90 valence electrons. The summed E-state index contributed by atoms with van der Waals surface area (Å²) in [5.74, 6) is 0. The molecule has 1 aromatic carbocycles. The summed E-state index contributed by atoms with van der Waals surface area (Å²) in [5, 5.41) is 0. The average Bonchev–Trinajstić information content (AvgIpc) is 2.37. The van der Waals surface area contributed by atoms with E-state index in [1.54, 1.807) is 0 Å². The molecule has 0 heterocycles. The van der Waals surface area contributed by atoms with Crippen LogP contribution >= 0.6 is 0 Å². The first-order valence-corrected chi connectivity index (χ1v) is 5.56. The Morgan fingerprint density at radius 3 is 2.31 bits per heavy atom. The Morgan fingerprint density at radius 2 is 1.69 bits per heavy atom. The van der Waals surface area contributed by atoms with Gasteiger partial charge in [-0.05, 0) is 5.56 Å². The van der Waals surface area contributed by atoms with E-state index in [9.17, 15) is 4.79 Å². The molecule has 0 atom stereocenters. The normalized spacial score (nSPS) is 9.12. The molecule has 0 saturated carbocycles. The Bertz CT molecular complexity index is 247. The highest BCUT2D eigenvalue weighted by Gasteiger charge is 1.91. The average molecular weight is 224 g/mol. The van der Waals surface area contributed by atoms with Gasteiger partial charge in [-0.25, -0.2) is 0 Å². The summed E-state index contributed by atoms with van der Waals surface area (Å²) in [6.07, 6.45) is 0.733. The predicted octanol–water partition coefficient (Wildman–Crippen LogP) is 2.44. The summed E-state index contributed by atoms with van der Waals surface area (Å²) < 4.78 is 10.3. The second-order valence-corrected chi connectivity index (χ2v) is 2.78. The molecule has 1 aromatic rings. The van der Waals surface area contributed by atoms with Gasteiger partial charge in [0.25, 0.3) is 0 Å². The Hall–Kier alpha value is -1.19. The highest BCUT2D eigenvalue weighted by atomic mass is 16.5. The van der Waals surface area contributed by atoms with Crippen LogP contribution in [0.3, 0.4) is 0 Å². The van der Waals surface area contributed by atoms with Crippen molar-refractivity contribution in [2.45, 2.75) is 20.5 Å². The smallest absolute Gasteiger partial charge is 0.145 e. The molecular weight excluding hydrogens is 204 g/mol. The number of aldehydes is 1. The third kappa shape index (κ3) is 8.15. The van der Waals surface area contributed by atoms with Gasteiger partial charge in [0.15, 0.2) is 0 Å². The van der Waals surface area contributed by atoms with Crippen molar-refractivity contribution >= 4 is 6.29 Å². The number of hydrogen-bond donors (Lipinski definition) is 0. The Kier molecular flexibility index (Phi) is 11.0. The van der Waals surface area contributed by atoms with Gasteiger partial charge in [0.1, 0.15) is 12.9 Å². The van der Waals surface area contributed by atoms with Crippen LogP contribution in [0.25, 0.3) is 0 Å². The van der Waals surface area contributed by atoms with Crippen molar-refractivity contribution in [2.75, 3.05) is 19.8 Å². The molecule has 0 bridgehead atoms. The number of carbonyl (C=O) groups is 1. The fraction of sp³-hybridized carbons (Fsp3) is 0.462. The van der Waals surface area contributed by atoms with Crippen LogP contribution in [-0.4, -0.2) is 26.1 Å². The minimum Gasteiger partial charge on any atom is -0.374 e. The summed E-state index contributed by atoms with van der Waals surface area (Å²) in [6, 6.07) is 9.93. The zero-order valence-electron chi connectivity index (χ0n) is 10.0. The first-order valence-electron chi connectivity index (χ1n) is 5.56. The lowest BCUT2D eigenvalue weighted by molar-refractivity contribution is -0.112. The van der Waals surface area contributed by atoms with Crippen molar-refractivity contribution in [3.63, 3.8) is 0 Å². The number of ether oxygens (including phenoxy) is 2. The van der Waals surface area contributed by atoms with Gasteiger partial charge in [-0.3, -0.25) is 0 Å². The van der Waals surface area contributed by atoms with Crippen LogP contribution in [-0.2, 0) is 20.9 Å². The van der Waals surface area contributed by atoms with Crippen molar-refractivity contribution in [1.82, 2.24) is 0 Å². The van der Waals surface area contributed by atoms with Gasteiger partial charge in [0, 0.05) is 0 Å². The van der Waals surface area contributed by atoms with E-state index in [4.69, 9.17) is 9.47 Å². The molecule has 0 N–H and O–H groups in total. The molecule has 0 radical (unpaired) electrons. The van der Waals surface area contributed by atoms with Gasteiger partial charge >= 0.3 is 0 Å². The maximum Gasteiger partial charge on any atom is 0.145 e. The van der Waals surface area contributed by atoms with E-state index in [2.05, 4.69) is 0 Å². The van der Waals surface area contributed by atoms with Crippen LogP contribution in [0.15, 0.2) is 30.3 Å². The van der Waals surface area contributed by atoms with E-state index in [1.165, 1.54) is 0 Å². The van der Waals surface area contributed by atoms with E-state index < -0.39 is 0 Å². The molecule has 3 nitrogen and oxygen atoms in total. The Balaban J connectivity index is 0.00000106. The molecule has 0 fully saturated rings. The van der Waals surface area contributed by atoms with E-state index in [1.807, 2.05) is 44.2 Å². The standard InChI is InChI=1S/C11H14O3.C2H6/c12-6-7-13-8-9-14-10-11-4-2-1-3-5-11;1-2/h1-6H,7-10H2;1-2H3. The molecule has 16 heavy (non-hydrogen) atoms. The van der Waals surface area contributed by atoms with E-state index in [-0.39, 0.29) is 6.61 Å². The van der Waals surface area contributed by atoms with Crippen LogP contribution < -0.4 is 0 Å². The molecule has 0 saturated heterocycles. The van der Waals surface area contributed by atoms with Crippen molar-refractivity contribution < 1.29 is 14.3 Å². The van der Waals surface area contributed by atoms with Crippen LogP contribution in [0.1, 0.15) is 19.4 Å². The fourth-order valence-corrected chi connectivity index (χ4v) is 1.01. The first kappa shape index (κ1) is 14.8. The molecule has 0 aliphatic rings. The molecule has 1 rings (SSSR count). The van der Waals surface area contributed by atoms with Crippen molar-refractivity contribution in [1.29, 1.82) is 0 Å². The third-order valence-corrected chi connectivity index (χ3v) is 1.67. The highest BCUT2D eigenvalue weighted by Crippen LogP contribution is 1.99. The molecule has 0 aliphatic carbocycles. The maximum atomic E-state index is 9.89. The number of rotatable bonds is 7. The summed E-state index contributed by atoms with van der Waals surface area (Å²) in [5.41, 5.74) is 1.14. The molecule has 3 heteroatoms. The van der Waals surface area contributed by atoms with Crippen LogP contribution in [0.5, 0.6) is 0 Å². The van der Waals surface area contributed by atoms with Crippen LogP contribution in [0.4, 0.5) is 0 Å². The lowest BCUT2D eigenvalue weighted by Gasteiger charge is -2.03. The maximum absolute atomic E-state index is 9.89. The van der Waals surface area contributed by atoms with E-state index in [0.29, 0.717) is 19.8 Å². The van der Waals surface area contributed by atoms with Crippen LogP contribution in [0, 0.1) is 0 Å². The van der Waals surface area contributed by atoms with Crippen molar-refractivity contribution in [2.24, 2.45) is 0 Å². The fourth-order valence-electron chi connectivity index (χ4n) is 1.01. The number of hydrogen-bond acceptors (Lipinski definition) is 3. The zero-order valence-corrected chi connectivity index (χ0v) is 10.0. The third-order valence-electron chi connectivity index (χ3n) is 1.67. The summed E-state index contributed by atoms with van der Waals surface area (Å²) >= 11 is 0. The molecular formula is C13H20O3. The molecule has 0 amide bonds. The van der Waals surface area contributed by atoms with E-state index in [0.717, 1.165) is 11.8 Å². The topological polar surface area (TPSA) is 35.5 Å². The molecule has 0 aliphatic heterocycles. The lowest BCUT2D eigenvalue weighted by Crippen LogP contribution is -2.05. The summed E-state index contributed by atoms with van der Waals surface area (Å²) in [6.45, 7) is 5.72. The van der Waals surface area contributed by atoms with Crippen molar-refractivity contribution in [3.05, 3.63) is 35.9 Å². The summed E-state index contributed by atoms with van der Waals surface area (Å²) in [4.78, 5) is 9.89. The summed E-state index contributed by atoms with van der Waals surface area (Å²) in [7, 11) is 0. The largest absolute Gasteiger partial charge is 0.374 e. The monoisotopic (exact) mass is 224 g/mol. The van der Waals surface area contributed by atoms with E-state index >= 15 is 0 Å². The van der Waals surface area contributed by atoms with Gasteiger partial charge in [0.2, 0.25) is 0 Å². The van der Waals surface area contributed by atoms with Gasteiger partial charge in [-0.2, -0.15) is 0 Å². The van der Waals surface area contributed by atoms with Gasteiger partial charge in [0.05, 0.1) is 19.8 Å². The van der Waals surface area contributed by atoms with Crippen LogP contribution in [0.2, 0.25) is 0 Å². The second kappa shape index (κ2) is 11.9. The van der Waals surface area contributed by atoms with Gasteiger partial charge in [-0.15, -0.1) is 0 Å². The highest BCUT2D eigenvalue weighted by molar-refractivity contribution is 5.50. The number of benzene rings is 1. The van der Waals surface area contributed by atoms with Crippen molar-refractivity contribution in [3.8, 4) is 0 Å². The quantitative estimate of drug-likeness (QED) is 0.527. The van der Waals surface area contributed by atoms with Gasteiger partial charge in [-0.1, -0.05) is 44.2 Å². The Labute approximate surface area is 97.4 Å². The molecule has 0 unspecified atom stereocenters. The minimum absolute atomic E-state index is 0.148.